The Morgan fingerprint density at radius 2 is 2.18 bits per heavy atom. The SMILES string of the molecule is CN1CC2CCC1C(NS(=O)(=O)c1cccc3c1OCC3)C2. The first-order valence-electron chi connectivity index (χ1n) is 8.02. The fourth-order valence-corrected chi connectivity index (χ4v) is 5.73. The van der Waals surface area contributed by atoms with Crippen molar-refractivity contribution >= 4 is 10.0 Å². The molecule has 120 valence electrons. The summed E-state index contributed by atoms with van der Waals surface area (Å²) in [6.07, 6.45) is 4.04. The van der Waals surface area contributed by atoms with Gasteiger partial charge in [-0.2, -0.15) is 0 Å². The topological polar surface area (TPSA) is 58.6 Å². The summed E-state index contributed by atoms with van der Waals surface area (Å²) in [5.41, 5.74) is 0.991. The number of sulfonamides is 1. The van der Waals surface area contributed by atoms with Crippen molar-refractivity contribution in [2.45, 2.75) is 42.7 Å². The van der Waals surface area contributed by atoms with Gasteiger partial charge in [0, 0.05) is 25.0 Å². The Balaban J connectivity index is 1.61. The molecule has 6 heteroatoms. The molecule has 1 aromatic carbocycles. The number of piperidine rings is 2. The van der Waals surface area contributed by atoms with Crippen LogP contribution in [0.4, 0.5) is 0 Å². The minimum Gasteiger partial charge on any atom is -0.492 e. The van der Waals surface area contributed by atoms with Crippen molar-refractivity contribution in [3.8, 4) is 5.75 Å². The monoisotopic (exact) mass is 322 g/mol. The maximum Gasteiger partial charge on any atom is 0.244 e. The van der Waals surface area contributed by atoms with Gasteiger partial charge in [0.15, 0.2) is 0 Å². The second-order valence-corrected chi connectivity index (χ2v) is 8.44. The molecule has 1 aromatic rings. The molecule has 0 radical (unpaired) electrons. The summed E-state index contributed by atoms with van der Waals surface area (Å²) < 4.78 is 34.2. The molecule has 1 aliphatic carbocycles. The molecule has 5 nitrogen and oxygen atoms in total. The number of rotatable bonds is 3. The number of hydrogen-bond acceptors (Lipinski definition) is 4. The second-order valence-electron chi connectivity index (χ2n) is 6.76. The first-order chi connectivity index (χ1) is 10.5. The standard InChI is InChI=1S/C16H22N2O3S/c1-18-10-11-5-6-14(18)13(9-11)17-22(19,20)15-4-2-3-12-7-8-21-16(12)15/h2-4,11,13-14,17H,5-10H2,1H3. The van der Waals surface area contributed by atoms with Gasteiger partial charge >= 0.3 is 0 Å². The Bertz CT molecular complexity index is 689. The zero-order chi connectivity index (χ0) is 15.3. The molecule has 1 saturated carbocycles. The lowest BCUT2D eigenvalue weighted by Crippen LogP contribution is -2.59. The quantitative estimate of drug-likeness (QED) is 0.913. The van der Waals surface area contributed by atoms with Gasteiger partial charge in [0.2, 0.25) is 10.0 Å². The predicted molar refractivity (Wildman–Crippen MR) is 83.5 cm³/mol. The highest BCUT2D eigenvalue weighted by Crippen LogP contribution is 2.36. The Labute approximate surface area is 131 Å². The summed E-state index contributed by atoms with van der Waals surface area (Å²) in [4.78, 5) is 2.60. The molecular formula is C16H22N2O3S. The van der Waals surface area contributed by atoms with Crippen molar-refractivity contribution < 1.29 is 13.2 Å². The van der Waals surface area contributed by atoms with Gasteiger partial charge in [0.1, 0.15) is 10.6 Å². The second kappa shape index (κ2) is 5.22. The molecule has 3 heterocycles. The van der Waals surface area contributed by atoms with Gasteiger partial charge in [-0.3, -0.25) is 0 Å². The van der Waals surface area contributed by atoms with E-state index in [0.717, 1.165) is 31.4 Å². The van der Waals surface area contributed by atoms with E-state index in [1.807, 2.05) is 6.07 Å². The Morgan fingerprint density at radius 3 is 2.95 bits per heavy atom. The number of para-hydroxylation sites is 1. The Morgan fingerprint density at radius 1 is 1.32 bits per heavy atom. The Hall–Kier alpha value is -1.11. The van der Waals surface area contributed by atoms with Gasteiger partial charge in [-0.25, -0.2) is 13.1 Å². The number of nitrogens with one attached hydrogen (secondary N) is 1. The summed E-state index contributed by atoms with van der Waals surface area (Å²) in [7, 11) is -1.43. The number of nitrogens with zero attached hydrogens (tertiary/aromatic N) is 1. The lowest BCUT2D eigenvalue weighted by Gasteiger charge is -2.48. The summed E-state index contributed by atoms with van der Waals surface area (Å²) >= 11 is 0. The van der Waals surface area contributed by atoms with Gasteiger partial charge in [-0.05, 0) is 43.9 Å². The fraction of sp³-hybridized carbons (Fsp3) is 0.625. The predicted octanol–water partition coefficient (Wildman–Crippen LogP) is 1.38. The van der Waals surface area contributed by atoms with Crippen LogP contribution in [0.3, 0.4) is 0 Å². The van der Waals surface area contributed by atoms with Crippen LogP contribution in [0.5, 0.6) is 5.75 Å². The average Bonchev–Trinajstić information content (AvgIpc) is 2.95. The number of hydrogen-bond donors (Lipinski definition) is 1. The van der Waals surface area contributed by atoms with Gasteiger partial charge < -0.3 is 9.64 Å². The molecule has 3 atom stereocenters. The molecule has 0 spiro atoms. The lowest BCUT2D eigenvalue weighted by atomic mass is 9.77. The van der Waals surface area contributed by atoms with Crippen LogP contribution in [0.15, 0.2) is 23.1 Å². The van der Waals surface area contributed by atoms with Gasteiger partial charge in [0.05, 0.1) is 6.61 Å². The van der Waals surface area contributed by atoms with Gasteiger partial charge in [0.25, 0.3) is 0 Å². The maximum atomic E-state index is 12.8. The summed E-state index contributed by atoms with van der Waals surface area (Å²) in [5, 5.41) is 0. The number of benzene rings is 1. The Kier molecular flexibility index (Phi) is 3.43. The molecule has 22 heavy (non-hydrogen) atoms. The molecular weight excluding hydrogens is 300 g/mol. The van der Waals surface area contributed by atoms with E-state index < -0.39 is 10.0 Å². The van der Waals surface area contributed by atoms with Crippen molar-refractivity contribution in [3.63, 3.8) is 0 Å². The van der Waals surface area contributed by atoms with E-state index in [1.54, 1.807) is 12.1 Å². The minimum atomic E-state index is -3.53. The summed E-state index contributed by atoms with van der Waals surface area (Å²) in [6, 6.07) is 5.73. The van der Waals surface area contributed by atoms with Crippen LogP contribution < -0.4 is 9.46 Å². The van der Waals surface area contributed by atoms with Crippen LogP contribution in [0.1, 0.15) is 24.8 Å². The molecule has 4 aliphatic rings. The molecule has 5 rings (SSSR count). The normalized spacial score (nSPS) is 31.0. The maximum absolute atomic E-state index is 12.8. The molecule has 3 fully saturated rings. The van der Waals surface area contributed by atoms with Crippen LogP contribution in [0.25, 0.3) is 0 Å². The van der Waals surface area contributed by atoms with Crippen molar-refractivity contribution in [1.29, 1.82) is 0 Å². The van der Waals surface area contributed by atoms with Crippen molar-refractivity contribution in [1.82, 2.24) is 9.62 Å². The van der Waals surface area contributed by atoms with E-state index >= 15 is 0 Å². The van der Waals surface area contributed by atoms with E-state index in [-0.39, 0.29) is 6.04 Å². The third-order valence-corrected chi connectivity index (χ3v) is 6.82. The molecule has 2 bridgehead atoms. The van der Waals surface area contributed by atoms with Crippen molar-refractivity contribution in [3.05, 3.63) is 23.8 Å². The van der Waals surface area contributed by atoms with Crippen LogP contribution in [0, 0.1) is 5.92 Å². The number of ether oxygens (including phenoxy) is 1. The third-order valence-electron chi connectivity index (χ3n) is 5.31. The van der Waals surface area contributed by atoms with Crippen LogP contribution in [-0.2, 0) is 16.4 Å². The summed E-state index contributed by atoms with van der Waals surface area (Å²) in [5.74, 6) is 1.16. The zero-order valence-electron chi connectivity index (χ0n) is 12.8. The van der Waals surface area contributed by atoms with Crippen LogP contribution in [-0.4, -0.2) is 45.6 Å². The molecule has 1 N–H and O–H groups in total. The van der Waals surface area contributed by atoms with E-state index in [4.69, 9.17) is 4.74 Å². The molecule has 2 saturated heterocycles. The van der Waals surface area contributed by atoms with Crippen LogP contribution >= 0.6 is 0 Å². The van der Waals surface area contributed by atoms with Crippen molar-refractivity contribution in [2.75, 3.05) is 20.2 Å². The first-order valence-corrected chi connectivity index (χ1v) is 9.50. The number of fused-ring (bicyclic) bond motifs is 4. The lowest BCUT2D eigenvalue weighted by molar-refractivity contribution is 0.0483. The largest absolute Gasteiger partial charge is 0.492 e. The van der Waals surface area contributed by atoms with E-state index in [9.17, 15) is 8.42 Å². The van der Waals surface area contributed by atoms with E-state index in [2.05, 4.69) is 16.7 Å². The average molecular weight is 322 g/mol. The molecule has 0 aromatic heterocycles. The molecule has 0 amide bonds. The molecule has 3 unspecified atom stereocenters. The smallest absolute Gasteiger partial charge is 0.244 e. The number of likely N-dealkylation sites (N-methyl/N-ethyl adjacent to an activating group) is 1. The zero-order valence-corrected chi connectivity index (χ0v) is 13.6. The fourth-order valence-electron chi connectivity index (χ4n) is 4.26. The van der Waals surface area contributed by atoms with E-state index in [1.165, 1.54) is 6.42 Å². The highest BCUT2D eigenvalue weighted by molar-refractivity contribution is 7.89. The highest BCUT2D eigenvalue weighted by Gasteiger charge is 2.41. The van der Waals surface area contributed by atoms with Gasteiger partial charge in [-0.1, -0.05) is 12.1 Å². The van der Waals surface area contributed by atoms with Crippen LogP contribution in [0.2, 0.25) is 0 Å². The van der Waals surface area contributed by atoms with E-state index in [0.29, 0.717) is 29.2 Å². The highest BCUT2D eigenvalue weighted by atomic mass is 32.2. The van der Waals surface area contributed by atoms with Crippen molar-refractivity contribution in [2.24, 2.45) is 5.92 Å². The molecule has 3 aliphatic heterocycles. The minimum absolute atomic E-state index is 0.0137. The first kappa shape index (κ1) is 14.5. The van der Waals surface area contributed by atoms with Gasteiger partial charge in [-0.15, -0.1) is 0 Å². The third kappa shape index (κ3) is 2.33. The summed E-state index contributed by atoms with van der Waals surface area (Å²) in [6.45, 7) is 1.66.